The van der Waals surface area contributed by atoms with Crippen LogP contribution in [0.1, 0.15) is 31.2 Å². The fourth-order valence-electron chi connectivity index (χ4n) is 2.40. The molecule has 0 saturated carbocycles. The third-order valence-electron chi connectivity index (χ3n) is 3.21. The van der Waals surface area contributed by atoms with Crippen LogP contribution >= 0.6 is 38.5 Å². The molecule has 0 amide bonds. The maximum Gasteiger partial charge on any atom is 0.150 e. The molecule has 1 unspecified atom stereocenters. The van der Waals surface area contributed by atoms with Gasteiger partial charge in [0.1, 0.15) is 8.30 Å². The number of fused-ring (bicyclic) bond motifs is 1. The first kappa shape index (κ1) is 12.8. The Bertz CT molecular complexity index is 593. The van der Waals surface area contributed by atoms with Crippen molar-refractivity contribution in [2.75, 3.05) is 6.61 Å². The molecule has 0 radical (unpaired) electrons. The summed E-state index contributed by atoms with van der Waals surface area (Å²) in [5.74, 6) is 0. The van der Waals surface area contributed by atoms with Crippen molar-refractivity contribution in [1.29, 1.82) is 0 Å². The lowest BCUT2D eigenvalue weighted by molar-refractivity contribution is -0.0369. The second-order valence-corrected chi connectivity index (χ2v) is 6.32. The molecule has 3 rings (SSSR count). The van der Waals surface area contributed by atoms with E-state index in [-0.39, 0.29) is 6.23 Å². The summed E-state index contributed by atoms with van der Waals surface area (Å²) in [5.41, 5.74) is 2.08. The zero-order valence-electron chi connectivity index (χ0n) is 9.99. The summed E-state index contributed by atoms with van der Waals surface area (Å²) in [5, 5.41) is 5.78. The first-order valence-electron chi connectivity index (χ1n) is 5.99. The molecule has 6 heteroatoms. The molecule has 0 spiro atoms. The van der Waals surface area contributed by atoms with Gasteiger partial charge in [0.05, 0.1) is 11.2 Å². The number of aromatic nitrogens is 3. The van der Waals surface area contributed by atoms with Gasteiger partial charge in [-0.1, -0.05) is 0 Å². The molecule has 96 valence electrons. The minimum Gasteiger partial charge on any atom is -0.356 e. The highest BCUT2D eigenvalue weighted by Crippen LogP contribution is 2.31. The highest BCUT2D eigenvalue weighted by atomic mass is 127. The van der Waals surface area contributed by atoms with Crippen molar-refractivity contribution < 1.29 is 4.74 Å². The Morgan fingerprint density at radius 1 is 1.50 bits per heavy atom. The van der Waals surface area contributed by atoms with Gasteiger partial charge >= 0.3 is 0 Å². The lowest BCUT2D eigenvalue weighted by Crippen LogP contribution is -2.19. The Kier molecular flexibility index (Phi) is 3.59. The number of ether oxygens (including phenoxy) is 1. The summed E-state index contributed by atoms with van der Waals surface area (Å²) in [6.07, 6.45) is 3.44. The molecule has 2 aromatic rings. The summed E-state index contributed by atoms with van der Waals surface area (Å²) < 4.78 is 9.69. The summed E-state index contributed by atoms with van der Waals surface area (Å²) >= 11 is 5.71. The molecule has 0 aromatic carbocycles. The van der Waals surface area contributed by atoms with Crippen LogP contribution in [0.15, 0.2) is 10.7 Å². The first-order chi connectivity index (χ1) is 8.66. The van der Waals surface area contributed by atoms with Crippen LogP contribution in [-0.4, -0.2) is 21.4 Å². The minimum atomic E-state index is 0.0615. The fraction of sp³-hybridized carbons (Fsp3) is 0.500. The lowest BCUT2D eigenvalue weighted by Gasteiger charge is -2.23. The Labute approximate surface area is 127 Å². The zero-order chi connectivity index (χ0) is 12.7. The van der Waals surface area contributed by atoms with Gasteiger partial charge in [0.15, 0.2) is 6.23 Å². The predicted octanol–water partition coefficient (Wildman–Crippen LogP) is 3.81. The fourth-order valence-corrected chi connectivity index (χ4v) is 3.54. The molecule has 2 aromatic heterocycles. The van der Waals surface area contributed by atoms with Gasteiger partial charge in [0.2, 0.25) is 0 Å². The normalized spacial score (nSPS) is 20.5. The van der Waals surface area contributed by atoms with Crippen LogP contribution in [0.4, 0.5) is 0 Å². The number of halogens is 2. The molecule has 1 aliphatic heterocycles. The molecule has 1 fully saturated rings. The monoisotopic (exact) mass is 421 g/mol. The summed E-state index contributed by atoms with van der Waals surface area (Å²) in [7, 11) is 0. The van der Waals surface area contributed by atoms with Crippen LogP contribution in [0, 0.1) is 10.6 Å². The molecular formula is C12H13BrIN3O. The first-order valence-corrected chi connectivity index (χ1v) is 7.86. The van der Waals surface area contributed by atoms with Crippen molar-refractivity contribution in [3.05, 3.63) is 20.1 Å². The standard InChI is InChI=1S/C12H13BrIN3O/c1-7-11-8(6-9(13)15-7)12(14)16-17(11)10-4-2-3-5-18-10/h6,10H,2-5H2,1H3. The van der Waals surface area contributed by atoms with E-state index in [1.807, 2.05) is 17.7 Å². The van der Waals surface area contributed by atoms with Crippen LogP contribution in [0.3, 0.4) is 0 Å². The van der Waals surface area contributed by atoms with E-state index in [1.165, 1.54) is 6.42 Å². The van der Waals surface area contributed by atoms with Crippen molar-refractivity contribution >= 4 is 49.4 Å². The molecule has 1 saturated heterocycles. The average molecular weight is 422 g/mol. The quantitative estimate of drug-likeness (QED) is 0.519. The summed E-state index contributed by atoms with van der Waals surface area (Å²) in [6.45, 7) is 2.84. The predicted molar refractivity (Wildman–Crippen MR) is 81.5 cm³/mol. The smallest absolute Gasteiger partial charge is 0.150 e. The minimum absolute atomic E-state index is 0.0615. The third-order valence-corrected chi connectivity index (χ3v) is 4.41. The number of hydrogen-bond donors (Lipinski definition) is 0. The van der Waals surface area contributed by atoms with Crippen molar-refractivity contribution in [3.63, 3.8) is 0 Å². The van der Waals surface area contributed by atoms with E-state index < -0.39 is 0 Å². The second kappa shape index (κ2) is 5.05. The van der Waals surface area contributed by atoms with Crippen molar-refractivity contribution in [2.45, 2.75) is 32.4 Å². The van der Waals surface area contributed by atoms with Crippen molar-refractivity contribution in [1.82, 2.24) is 14.8 Å². The van der Waals surface area contributed by atoms with Gasteiger partial charge in [-0.2, -0.15) is 5.10 Å². The van der Waals surface area contributed by atoms with Gasteiger partial charge in [-0.05, 0) is 70.8 Å². The zero-order valence-corrected chi connectivity index (χ0v) is 13.7. The van der Waals surface area contributed by atoms with E-state index in [1.54, 1.807) is 0 Å². The van der Waals surface area contributed by atoms with Gasteiger partial charge in [-0.25, -0.2) is 9.67 Å². The van der Waals surface area contributed by atoms with Crippen LogP contribution in [-0.2, 0) is 4.74 Å². The number of pyridine rings is 1. The van der Waals surface area contributed by atoms with E-state index in [0.717, 1.165) is 44.3 Å². The largest absolute Gasteiger partial charge is 0.356 e. The van der Waals surface area contributed by atoms with Gasteiger partial charge in [0, 0.05) is 12.0 Å². The molecule has 0 N–H and O–H groups in total. The third kappa shape index (κ3) is 2.18. The van der Waals surface area contributed by atoms with E-state index in [0.29, 0.717) is 0 Å². The maximum absolute atomic E-state index is 5.83. The Balaban J connectivity index is 2.17. The Hall–Kier alpha value is -0.210. The van der Waals surface area contributed by atoms with Crippen LogP contribution in [0.25, 0.3) is 10.9 Å². The van der Waals surface area contributed by atoms with Gasteiger partial charge in [0.25, 0.3) is 0 Å². The van der Waals surface area contributed by atoms with Crippen LogP contribution in [0.2, 0.25) is 0 Å². The highest BCUT2D eigenvalue weighted by molar-refractivity contribution is 14.1. The Morgan fingerprint density at radius 3 is 3.06 bits per heavy atom. The second-order valence-electron chi connectivity index (χ2n) is 4.48. The summed E-state index contributed by atoms with van der Waals surface area (Å²) in [4.78, 5) is 4.47. The van der Waals surface area contributed by atoms with Crippen LogP contribution in [0.5, 0.6) is 0 Å². The van der Waals surface area contributed by atoms with Gasteiger partial charge in [-0.15, -0.1) is 0 Å². The number of hydrogen-bond acceptors (Lipinski definition) is 3. The molecule has 1 aliphatic rings. The van der Waals surface area contributed by atoms with Gasteiger partial charge in [-0.3, -0.25) is 0 Å². The number of aryl methyl sites for hydroxylation is 1. The number of nitrogens with zero attached hydrogens (tertiary/aromatic N) is 3. The average Bonchev–Trinajstić information content (AvgIpc) is 2.68. The van der Waals surface area contributed by atoms with E-state index in [9.17, 15) is 0 Å². The highest BCUT2D eigenvalue weighted by Gasteiger charge is 2.22. The SMILES string of the molecule is Cc1nc(Br)cc2c(I)nn(C3CCCCO3)c12. The van der Waals surface area contributed by atoms with E-state index in [4.69, 9.17) is 4.74 Å². The topological polar surface area (TPSA) is 39.9 Å². The molecule has 4 nitrogen and oxygen atoms in total. The Morgan fingerprint density at radius 2 is 2.33 bits per heavy atom. The van der Waals surface area contributed by atoms with Crippen molar-refractivity contribution in [3.8, 4) is 0 Å². The molecule has 1 atom stereocenters. The molecule has 18 heavy (non-hydrogen) atoms. The summed E-state index contributed by atoms with van der Waals surface area (Å²) in [6, 6.07) is 2.02. The maximum atomic E-state index is 5.83. The molecule has 0 bridgehead atoms. The van der Waals surface area contributed by atoms with E-state index in [2.05, 4.69) is 48.6 Å². The lowest BCUT2D eigenvalue weighted by atomic mass is 10.2. The van der Waals surface area contributed by atoms with Crippen LogP contribution < -0.4 is 0 Å². The van der Waals surface area contributed by atoms with Gasteiger partial charge < -0.3 is 4.74 Å². The molecule has 3 heterocycles. The van der Waals surface area contributed by atoms with Crippen molar-refractivity contribution in [2.24, 2.45) is 0 Å². The molecule has 0 aliphatic carbocycles. The van der Waals surface area contributed by atoms with E-state index >= 15 is 0 Å². The number of rotatable bonds is 1. The molecular weight excluding hydrogens is 409 g/mol.